The van der Waals surface area contributed by atoms with Crippen LogP contribution < -0.4 is 10.1 Å². The number of nitrogens with one attached hydrogen (secondary N) is 1. The monoisotopic (exact) mass is 442 g/mol. The molecule has 0 radical (unpaired) electrons. The molecule has 0 aliphatic carbocycles. The first-order valence-electron chi connectivity index (χ1n) is 10.4. The van der Waals surface area contributed by atoms with Gasteiger partial charge in [-0.05, 0) is 55.2 Å². The Labute approximate surface area is 185 Å². The number of carbonyl (C=O) groups excluding carboxylic acids is 1. The molecule has 1 N–H and O–H groups in total. The van der Waals surface area contributed by atoms with E-state index in [2.05, 4.69) is 20.1 Å². The third kappa shape index (κ3) is 4.88. The summed E-state index contributed by atoms with van der Waals surface area (Å²) in [6, 6.07) is 10.1. The number of hydrogen-bond donors (Lipinski definition) is 1. The predicted octanol–water partition coefficient (Wildman–Crippen LogP) is 5.04. The van der Waals surface area contributed by atoms with Crippen molar-refractivity contribution in [2.75, 3.05) is 12.4 Å². The SMILES string of the molecule is COc1ccc(CCC(=O)Nc2ccc(Cl)c(-c3nnc4n3CCCCC4)c2)cc1F. The van der Waals surface area contributed by atoms with Gasteiger partial charge in [-0.25, -0.2) is 4.39 Å². The van der Waals surface area contributed by atoms with E-state index in [1.54, 1.807) is 24.3 Å². The second-order valence-corrected chi connectivity index (χ2v) is 8.02. The van der Waals surface area contributed by atoms with Crippen molar-refractivity contribution in [3.05, 3.63) is 58.6 Å². The third-order valence-electron chi connectivity index (χ3n) is 5.46. The van der Waals surface area contributed by atoms with Gasteiger partial charge in [-0.2, -0.15) is 0 Å². The molecule has 2 aromatic carbocycles. The fourth-order valence-corrected chi connectivity index (χ4v) is 4.01. The highest BCUT2D eigenvalue weighted by molar-refractivity contribution is 6.33. The Kier molecular flexibility index (Phi) is 6.51. The van der Waals surface area contributed by atoms with E-state index in [-0.39, 0.29) is 18.1 Å². The molecular weight excluding hydrogens is 419 g/mol. The number of ether oxygens (including phenoxy) is 1. The second-order valence-electron chi connectivity index (χ2n) is 7.61. The molecule has 2 heterocycles. The zero-order chi connectivity index (χ0) is 21.8. The van der Waals surface area contributed by atoms with Crippen LogP contribution in [0.25, 0.3) is 11.4 Å². The summed E-state index contributed by atoms with van der Waals surface area (Å²) in [6.07, 6.45) is 4.92. The van der Waals surface area contributed by atoms with Gasteiger partial charge >= 0.3 is 0 Å². The van der Waals surface area contributed by atoms with Gasteiger partial charge in [-0.3, -0.25) is 4.79 Å². The number of aromatic nitrogens is 3. The molecule has 1 aliphatic heterocycles. The highest BCUT2D eigenvalue weighted by atomic mass is 35.5. The number of methoxy groups -OCH3 is 1. The van der Waals surface area contributed by atoms with Gasteiger partial charge in [-0.15, -0.1) is 10.2 Å². The Bertz CT molecular complexity index is 1100. The summed E-state index contributed by atoms with van der Waals surface area (Å²) in [4.78, 5) is 12.5. The zero-order valence-electron chi connectivity index (χ0n) is 17.3. The molecule has 0 spiro atoms. The standard InChI is InChI=1S/C23H24ClFN4O2/c1-31-20-10-6-15(13-19(20)25)7-11-22(30)26-16-8-9-18(24)17(14-16)23-28-27-21-5-3-2-4-12-29(21)23/h6,8-10,13-14H,2-5,7,11-12H2,1H3,(H,26,30). The van der Waals surface area contributed by atoms with Crippen molar-refractivity contribution in [1.29, 1.82) is 0 Å². The van der Waals surface area contributed by atoms with Crippen LogP contribution in [-0.4, -0.2) is 27.8 Å². The number of nitrogens with zero attached hydrogens (tertiary/aromatic N) is 3. The molecule has 1 amide bonds. The molecule has 31 heavy (non-hydrogen) atoms. The van der Waals surface area contributed by atoms with Gasteiger partial charge in [0.25, 0.3) is 0 Å². The summed E-state index contributed by atoms with van der Waals surface area (Å²) in [6.45, 7) is 0.864. The van der Waals surface area contributed by atoms with E-state index >= 15 is 0 Å². The fourth-order valence-electron chi connectivity index (χ4n) is 3.81. The van der Waals surface area contributed by atoms with E-state index in [0.717, 1.165) is 48.6 Å². The first-order chi connectivity index (χ1) is 15.0. The summed E-state index contributed by atoms with van der Waals surface area (Å²) >= 11 is 6.45. The molecule has 8 heteroatoms. The number of rotatable bonds is 6. The second kappa shape index (κ2) is 9.47. The molecule has 0 saturated carbocycles. The lowest BCUT2D eigenvalue weighted by molar-refractivity contribution is -0.116. The van der Waals surface area contributed by atoms with Crippen molar-refractivity contribution >= 4 is 23.2 Å². The quantitative estimate of drug-likeness (QED) is 0.580. The number of aryl methyl sites for hydroxylation is 2. The number of halogens is 2. The van der Waals surface area contributed by atoms with Crippen molar-refractivity contribution < 1.29 is 13.9 Å². The van der Waals surface area contributed by atoms with E-state index in [9.17, 15) is 9.18 Å². The molecule has 4 rings (SSSR count). The molecule has 0 saturated heterocycles. The van der Waals surface area contributed by atoms with Crippen LogP contribution in [0.4, 0.5) is 10.1 Å². The lowest BCUT2D eigenvalue weighted by atomic mass is 10.1. The predicted molar refractivity (Wildman–Crippen MR) is 118 cm³/mol. The topological polar surface area (TPSA) is 69.0 Å². The summed E-state index contributed by atoms with van der Waals surface area (Å²) in [5.41, 5.74) is 2.12. The molecule has 0 unspecified atom stereocenters. The molecule has 0 fully saturated rings. The molecule has 1 aliphatic rings. The number of benzene rings is 2. The van der Waals surface area contributed by atoms with Crippen LogP contribution >= 0.6 is 11.6 Å². The molecule has 162 valence electrons. The smallest absolute Gasteiger partial charge is 0.224 e. The van der Waals surface area contributed by atoms with Crippen LogP contribution in [0.1, 0.15) is 37.1 Å². The van der Waals surface area contributed by atoms with E-state index in [1.165, 1.54) is 19.6 Å². The van der Waals surface area contributed by atoms with Crippen LogP contribution in [0.3, 0.4) is 0 Å². The number of amides is 1. The van der Waals surface area contributed by atoms with Gasteiger partial charge < -0.3 is 14.6 Å². The average Bonchev–Trinajstić information content (AvgIpc) is 3.01. The third-order valence-corrected chi connectivity index (χ3v) is 5.79. The molecular formula is C23H24ClFN4O2. The Morgan fingerprint density at radius 1 is 1.19 bits per heavy atom. The highest BCUT2D eigenvalue weighted by Gasteiger charge is 2.18. The maximum atomic E-state index is 13.8. The number of hydrogen-bond acceptors (Lipinski definition) is 4. The Morgan fingerprint density at radius 3 is 2.87 bits per heavy atom. The largest absolute Gasteiger partial charge is 0.494 e. The summed E-state index contributed by atoms with van der Waals surface area (Å²) < 4.78 is 20.9. The first kappa shape index (κ1) is 21.3. The molecule has 3 aromatic rings. The van der Waals surface area contributed by atoms with Gasteiger partial charge in [-0.1, -0.05) is 24.1 Å². The number of fused-ring (bicyclic) bond motifs is 1. The Morgan fingerprint density at radius 2 is 2.06 bits per heavy atom. The molecule has 1 aromatic heterocycles. The van der Waals surface area contributed by atoms with Crippen LogP contribution in [-0.2, 0) is 24.2 Å². The maximum absolute atomic E-state index is 13.8. The fraction of sp³-hybridized carbons (Fsp3) is 0.348. The highest BCUT2D eigenvalue weighted by Crippen LogP contribution is 2.31. The average molecular weight is 443 g/mol. The maximum Gasteiger partial charge on any atom is 0.224 e. The van der Waals surface area contributed by atoms with Gasteiger partial charge in [0.1, 0.15) is 5.82 Å². The zero-order valence-corrected chi connectivity index (χ0v) is 18.1. The summed E-state index contributed by atoms with van der Waals surface area (Å²) in [7, 11) is 1.42. The Balaban J connectivity index is 1.46. The van der Waals surface area contributed by atoms with Gasteiger partial charge in [0.2, 0.25) is 5.91 Å². The van der Waals surface area contributed by atoms with Gasteiger partial charge in [0.15, 0.2) is 17.4 Å². The van der Waals surface area contributed by atoms with Crippen LogP contribution in [0.2, 0.25) is 5.02 Å². The minimum absolute atomic E-state index is 0.162. The van der Waals surface area contributed by atoms with Crippen molar-refractivity contribution in [1.82, 2.24) is 14.8 Å². The van der Waals surface area contributed by atoms with Crippen molar-refractivity contribution in [3.63, 3.8) is 0 Å². The Hall–Kier alpha value is -2.93. The van der Waals surface area contributed by atoms with E-state index in [1.807, 2.05) is 6.07 Å². The normalized spacial score (nSPS) is 13.4. The molecule has 0 bridgehead atoms. The summed E-state index contributed by atoms with van der Waals surface area (Å²) in [5, 5.41) is 12.2. The van der Waals surface area contributed by atoms with Crippen LogP contribution in [0, 0.1) is 5.82 Å². The number of anilines is 1. The van der Waals surface area contributed by atoms with Crippen LogP contribution in [0.5, 0.6) is 5.75 Å². The van der Waals surface area contributed by atoms with Crippen LogP contribution in [0.15, 0.2) is 36.4 Å². The van der Waals surface area contributed by atoms with Crippen molar-refractivity contribution in [2.24, 2.45) is 0 Å². The minimum atomic E-state index is -0.435. The van der Waals surface area contributed by atoms with Crippen molar-refractivity contribution in [2.45, 2.75) is 45.1 Å². The first-order valence-corrected chi connectivity index (χ1v) is 10.8. The number of carbonyl (C=O) groups is 1. The minimum Gasteiger partial charge on any atom is -0.494 e. The molecule has 6 nitrogen and oxygen atoms in total. The summed E-state index contributed by atoms with van der Waals surface area (Å²) in [5.74, 6) is 1.30. The molecule has 0 atom stereocenters. The van der Waals surface area contributed by atoms with E-state index in [0.29, 0.717) is 17.1 Å². The van der Waals surface area contributed by atoms with Gasteiger partial charge in [0, 0.05) is 30.6 Å². The lowest BCUT2D eigenvalue weighted by Crippen LogP contribution is -2.12. The van der Waals surface area contributed by atoms with Crippen molar-refractivity contribution in [3.8, 4) is 17.1 Å². The lowest BCUT2D eigenvalue weighted by Gasteiger charge is -2.11. The van der Waals surface area contributed by atoms with Gasteiger partial charge in [0.05, 0.1) is 12.1 Å². The van der Waals surface area contributed by atoms with E-state index in [4.69, 9.17) is 16.3 Å². The van der Waals surface area contributed by atoms with E-state index < -0.39 is 5.82 Å².